The van der Waals surface area contributed by atoms with E-state index in [1.165, 1.54) is 161 Å². The molecule has 0 fully saturated rings. The molecule has 0 N–H and O–H groups in total. The summed E-state index contributed by atoms with van der Waals surface area (Å²) >= 11 is 0. The third-order valence-corrected chi connectivity index (χ3v) is 10.8. The lowest BCUT2D eigenvalue weighted by atomic mass is 10.0. The van der Waals surface area contributed by atoms with Crippen LogP contribution in [0.1, 0.15) is 265 Å². The van der Waals surface area contributed by atoms with Crippen LogP contribution in [0.3, 0.4) is 0 Å². The van der Waals surface area contributed by atoms with E-state index < -0.39 is 6.10 Å². The molecule has 0 unspecified atom stereocenters. The van der Waals surface area contributed by atoms with Crippen molar-refractivity contribution in [2.45, 2.75) is 271 Å². The SMILES string of the molecule is CCCCCCCCCCCCCCCCC(=O)OC[C@@H](COC(=O)CCCCCCCCC(C)C)OC(=O)CCCCCCCCCCCCCCC. The number of ether oxygens (including phenoxy) is 3. The molecule has 1 atom stereocenters. The van der Waals surface area contributed by atoms with Crippen LogP contribution < -0.4 is 0 Å². The lowest BCUT2D eigenvalue weighted by Gasteiger charge is -2.18. The third-order valence-electron chi connectivity index (χ3n) is 10.8. The number of unbranched alkanes of at least 4 members (excludes halogenated alkanes) is 30. The van der Waals surface area contributed by atoms with Crippen LogP contribution in [0.4, 0.5) is 0 Å². The van der Waals surface area contributed by atoms with Crippen molar-refractivity contribution in [1.82, 2.24) is 0 Å². The van der Waals surface area contributed by atoms with E-state index in [9.17, 15) is 14.4 Å². The smallest absolute Gasteiger partial charge is 0.306 e. The zero-order valence-corrected chi connectivity index (χ0v) is 36.7. The Morgan fingerprint density at radius 2 is 0.611 bits per heavy atom. The highest BCUT2D eigenvalue weighted by Crippen LogP contribution is 2.16. The van der Waals surface area contributed by atoms with E-state index >= 15 is 0 Å². The molecule has 0 rings (SSSR count). The van der Waals surface area contributed by atoms with Gasteiger partial charge in [-0.2, -0.15) is 0 Å². The van der Waals surface area contributed by atoms with Crippen LogP contribution in [-0.2, 0) is 28.6 Å². The number of carbonyl (C=O) groups excluding carboxylic acids is 3. The van der Waals surface area contributed by atoms with Crippen molar-refractivity contribution in [2.75, 3.05) is 13.2 Å². The monoisotopic (exact) mass is 765 g/mol. The van der Waals surface area contributed by atoms with Crippen molar-refractivity contribution in [1.29, 1.82) is 0 Å². The summed E-state index contributed by atoms with van der Waals surface area (Å²) in [6.45, 7) is 8.94. The van der Waals surface area contributed by atoms with Gasteiger partial charge in [0.05, 0.1) is 0 Å². The molecule has 54 heavy (non-hydrogen) atoms. The van der Waals surface area contributed by atoms with Crippen molar-refractivity contribution < 1.29 is 28.6 Å². The summed E-state index contributed by atoms with van der Waals surface area (Å²) in [5, 5.41) is 0. The molecule has 0 aliphatic heterocycles. The minimum absolute atomic E-state index is 0.0640. The predicted molar refractivity (Wildman–Crippen MR) is 229 cm³/mol. The highest BCUT2D eigenvalue weighted by atomic mass is 16.6. The normalized spacial score (nSPS) is 11.9. The second kappa shape index (κ2) is 42.6. The molecule has 0 aromatic carbocycles. The first-order chi connectivity index (χ1) is 26.4. The molecule has 0 amide bonds. The molecule has 0 aromatic heterocycles. The molecule has 6 heteroatoms. The van der Waals surface area contributed by atoms with Gasteiger partial charge in [0.15, 0.2) is 6.10 Å². The largest absolute Gasteiger partial charge is 0.462 e. The van der Waals surface area contributed by atoms with E-state index in [-0.39, 0.29) is 31.1 Å². The van der Waals surface area contributed by atoms with Gasteiger partial charge in [0.2, 0.25) is 0 Å². The van der Waals surface area contributed by atoms with Crippen LogP contribution in [0.5, 0.6) is 0 Å². The Balaban J connectivity index is 4.30. The topological polar surface area (TPSA) is 78.9 Å². The fourth-order valence-corrected chi connectivity index (χ4v) is 7.16. The summed E-state index contributed by atoms with van der Waals surface area (Å²) in [5.41, 5.74) is 0. The van der Waals surface area contributed by atoms with E-state index in [2.05, 4.69) is 27.7 Å². The molecule has 6 nitrogen and oxygen atoms in total. The van der Waals surface area contributed by atoms with Gasteiger partial charge in [-0.3, -0.25) is 14.4 Å². The summed E-state index contributed by atoms with van der Waals surface area (Å²) in [6.07, 6.45) is 42.4. The Morgan fingerprint density at radius 1 is 0.352 bits per heavy atom. The van der Waals surface area contributed by atoms with Crippen LogP contribution in [-0.4, -0.2) is 37.2 Å². The van der Waals surface area contributed by atoms with Crippen LogP contribution >= 0.6 is 0 Å². The van der Waals surface area contributed by atoms with Gasteiger partial charge in [-0.15, -0.1) is 0 Å². The average molecular weight is 765 g/mol. The highest BCUT2D eigenvalue weighted by Gasteiger charge is 2.19. The predicted octanol–water partition coefficient (Wildman–Crippen LogP) is 15.1. The maximum absolute atomic E-state index is 12.7. The van der Waals surface area contributed by atoms with Crippen molar-refractivity contribution >= 4 is 17.9 Å². The van der Waals surface area contributed by atoms with Crippen molar-refractivity contribution in [3.8, 4) is 0 Å². The maximum Gasteiger partial charge on any atom is 0.306 e. The number of hydrogen-bond donors (Lipinski definition) is 0. The van der Waals surface area contributed by atoms with Crippen LogP contribution in [0, 0.1) is 5.92 Å². The van der Waals surface area contributed by atoms with Crippen molar-refractivity contribution in [3.05, 3.63) is 0 Å². The first-order valence-corrected chi connectivity index (χ1v) is 23.9. The summed E-state index contributed by atoms with van der Waals surface area (Å²) in [4.78, 5) is 37.7. The molecule has 0 radical (unpaired) electrons. The van der Waals surface area contributed by atoms with E-state index in [1.807, 2.05) is 0 Å². The zero-order chi connectivity index (χ0) is 39.6. The molecule has 0 aliphatic rings. The van der Waals surface area contributed by atoms with Crippen LogP contribution in [0.2, 0.25) is 0 Å². The molecule has 0 aliphatic carbocycles. The lowest BCUT2D eigenvalue weighted by molar-refractivity contribution is -0.167. The number of carbonyl (C=O) groups is 3. The van der Waals surface area contributed by atoms with Crippen molar-refractivity contribution in [3.63, 3.8) is 0 Å². The van der Waals surface area contributed by atoms with Gasteiger partial charge >= 0.3 is 17.9 Å². The third kappa shape index (κ3) is 41.6. The quantitative estimate of drug-likeness (QED) is 0.0349. The second-order valence-electron chi connectivity index (χ2n) is 16.9. The summed E-state index contributed by atoms with van der Waals surface area (Å²) < 4.78 is 16.7. The molecule has 0 saturated heterocycles. The molecule has 0 spiro atoms. The zero-order valence-electron chi connectivity index (χ0n) is 36.7. The summed E-state index contributed by atoms with van der Waals surface area (Å²) in [7, 11) is 0. The second-order valence-corrected chi connectivity index (χ2v) is 16.9. The van der Waals surface area contributed by atoms with E-state index in [0.29, 0.717) is 19.3 Å². The van der Waals surface area contributed by atoms with E-state index in [4.69, 9.17) is 14.2 Å². The Kier molecular flexibility index (Phi) is 41.3. The van der Waals surface area contributed by atoms with Gasteiger partial charge in [0.25, 0.3) is 0 Å². The Bertz CT molecular complexity index is 811. The van der Waals surface area contributed by atoms with Crippen LogP contribution in [0.25, 0.3) is 0 Å². The highest BCUT2D eigenvalue weighted by molar-refractivity contribution is 5.71. The fraction of sp³-hybridized carbons (Fsp3) is 0.938. The first kappa shape index (κ1) is 52.4. The standard InChI is InChI=1S/C48H92O6/c1-5-7-9-11-13-15-17-19-21-22-24-26-31-35-39-46(49)52-42-45(43-53-47(50)40-36-32-29-28-30-34-38-44(3)4)54-48(51)41-37-33-27-25-23-20-18-16-14-12-10-8-6-2/h44-45H,5-43H2,1-4H3/t45-/m0/s1. The average Bonchev–Trinajstić information content (AvgIpc) is 3.15. The number of hydrogen-bond acceptors (Lipinski definition) is 6. The minimum atomic E-state index is -0.760. The number of esters is 3. The summed E-state index contributed by atoms with van der Waals surface area (Å²) in [6, 6.07) is 0. The first-order valence-electron chi connectivity index (χ1n) is 23.9. The Morgan fingerprint density at radius 3 is 0.907 bits per heavy atom. The van der Waals surface area contributed by atoms with Gasteiger partial charge < -0.3 is 14.2 Å². The summed E-state index contributed by atoms with van der Waals surface area (Å²) in [5.74, 6) is -0.0913. The molecule has 320 valence electrons. The van der Waals surface area contributed by atoms with E-state index in [1.54, 1.807) is 0 Å². The van der Waals surface area contributed by atoms with Gasteiger partial charge in [0, 0.05) is 19.3 Å². The molecule has 0 saturated carbocycles. The molecule has 0 heterocycles. The Labute approximate surface area is 336 Å². The molecule has 0 aromatic rings. The van der Waals surface area contributed by atoms with Gasteiger partial charge in [-0.25, -0.2) is 0 Å². The minimum Gasteiger partial charge on any atom is -0.462 e. The van der Waals surface area contributed by atoms with Crippen LogP contribution in [0.15, 0.2) is 0 Å². The van der Waals surface area contributed by atoms with Gasteiger partial charge in [-0.1, -0.05) is 227 Å². The molecule has 0 bridgehead atoms. The van der Waals surface area contributed by atoms with Crippen molar-refractivity contribution in [2.24, 2.45) is 5.92 Å². The maximum atomic E-state index is 12.7. The molecular formula is C48H92O6. The lowest BCUT2D eigenvalue weighted by Crippen LogP contribution is -2.30. The van der Waals surface area contributed by atoms with E-state index in [0.717, 1.165) is 63.7 Å². The number of rotatable bonds is 43. The Hall–Kier alpha value is -1.59. The van der Waals surface area contributed by atoms with Gasteiger partial charge in [-0.05, 0) is 25.2 Å². The molecular weight excluding hydrogens is 673 g/mol. The van der Waals surface area contributed by atoms with Gasteiger partial charge in [0.1, 0.15) is 13.2 Å². The fourth-order valence-electron chi connectivity index (χ4n) is 7.16.